The van der Waals surface area contributed by atoms with Gasteiger partial charge in [0, 0.05) is 44.7 Å². The van der Waals surface area contributed by atoms with Crippen molar-refractivity contribution < 1.29 is 25.7 Å². The highest BCUT2D eigenvalue weighted by atomic mass is 33.1. The monoisotopic (exact) mass is 365 g/mol. The number of carboxylic acid groups (broad SMARTS) is 1. The first kappa shape index (κ1) is 16.6. The minimum absolute atomic E-state index is 0.0846. The van der Waals surface area contributed by atoms with E-state index in [0.29, 0.717) is 18.6 Å². The van der Waals surface area contributed by atoms with Gasteiger partial charge >= 0.3 is 5.97 Å². The van der Waals surface area contributed by atoms with Crippen molar-refractivity contribution in [2.75, 3.05) is 18.8 Å². The van der Waals surface area contributed by atoms with Gasteiger partial charge in [-0.2, -0.15) is 0 Å². The van der Waals surface area contributed by atoms with Crippen LogP contribution in [0, 0.1) is 0 Å². The van der Waals surface area contributed by atoms with Gasteiger partial charge in [0.2, 0.25) is 17.7 Å². The van der Waals surface area contributed by atoms with Gasteiger partial charge in [0.05, 0.1) is 6.42 Å². The number of carbonyl (C=O) groups excluding carboxylic acids is 3. The van der Waals surface area contributed by atoms with Gasteiger partial charge in [-0.15, -0.1) is 0 Å². The van der Waals surface area contributed by atoms with Crippen LogP contribution in [0.15, 0.2) is 0 Å². The zero-order valence-corrected chi connectivity index (χ0v) is 14.5. The van der Waals surface area contributed by atoms with E-state index >= 15 is 0 Å². The lowest BCUT2D eigenvalue weighted by Gasteiger charge is -2.14. The Morgan fingerprint density at radius 1 is 1.48 bits per heavy atom. The maximum Gasteiger partial charge on any atom is 0.304 e. The van der Waals surface area contributed by atoms with Crippen LogP contribution in [0.2, 0.25) is 0 Å². The van der Waals surface area contributed by atoms with Crippen LogP contribution in [-0.4, -0.2) is 57.8 Å². The van der Waals surface area contributed by atoms with Crippen LogP contribution in [0.4, 0.5) is 0 Å². The Labute approximate surface area is 146 Å². The van der Waals surface area contributed by atoms with Gasteiger partial charge in [0.25, 0.3) is 1.43 Å². The van der Waals surface area contributed by atoms with Crippen LogP contribution in [0.1, 0.15) is 40.4 Å². The van der Waals surface area contributed by atoms with E-state index in [0.717, 1.165) is 4.90 Å². The molecule has 1 heterocycles. The highest BCUT2D eigenvalue weighted by Crippen LogP contribution is 2.29. The highest BCUT2D eigenvalue weighted by Gasteiger charge is 2.28. The molecule has 130 valence electrons. The first-order valence-corrected chi connectivity index (χ1v) is 9.70. The lowest BCUT2D eigenvalue weighted by atomic mass is 10.2. The molecule has 0 saturated carbocycles. The standard InChI is InChI=1S/C14H22N2O5S2/c1-10(23-22-9-6-14(20)21)2-3-11(17)15-7-8-16-12(18)4-5-13(16)19/h10H,2-9H2,1H3,(H,15,17)(H,20,21)/i4T/hD. The Hall–Kier alpha value is -1.22. The molecule has 3 amide bonds. The first-order valence-electron chi connectivity index (χ1n) is 8.31. The summed E-state index contributed by atoms with van der Waals surface area (Å²) >= 11 is 0. The molecule has 0 spiro atoms. The minimum atomic E-state index is -1.01. The summed E-state index contributed by atoms with van der Waals surface area (Å²) in [6, 6.07) is 0. The molecule has 1 aliphatic heterocycles. The molecule has 7 nitrogen and oxygen atoms in total. The van der Waals surface area contributed by atoms with E-state index in [-0.39, 0.29) is 43.0 Å². The van der Waals surface area contributed by atoms with Crippen molar-refractivity contribution in [2.45, 2.75) is 44.3 Å². The Bertz CT molecular complexity index is 510. The second-order valence-electron chi connectivity index (χ2n) is 5.03. The van der Waals surface area contributed by atoms with Crippen molar-refractivity contribution in [1.29, 1.82) is 1.43 Å². The summed E-state index contributed by atoms with van der Waals surface area (Å²) in [5.41, 5.74) is 0. The fourth-order valence-corrected chi connectivity index (χ4v) is 4.14. The van der Waals surface area contributed by atoms with E-state index in [9.17, 15) is 19.2 Å². The fraction of sp³-hybridized carbons (Fsp3) is 0.714. The van der Waals surface area contributed by atoms with Crippen molar-refractivity contribution in [3.63, 3.8) is 0 Å². The van der Waals surface area contributed by atoms with Gasteiger partial charge < -0.3 is 10.4 Å². The summed E-state index contributed by atoms with van der Waals surface area (Å²) in [6.07, 6.45) is 0.0663. The molecule has 2 N–H and O–H groups in total. The molecule has 23 heavy (non-hydrogen) atoms. The van der Waals surface area contributed by atoms with Gasteiger partial charge in [-0.1, -0.05) is 28.5 Å². The Morgan fingerprint density at radius 2 is 2.26 bits per heavy atom. The predicted octanol–water partition coefficient (Wildman–Crippen LogP) is 1.28. The van der Waals surface area contributed by atoms with Crippen LogP contribution < -0.4 is 5.32 Å². The number of amides is 3. The summed E-state index contributed by atoms with van der Waals surface area (Å²) in [7, 11) is 3.06. The van der Waals surface area contributed by atoms with Crippen LogP contribution in [-0.2, 0) is 19.2 Å². The zero-order chi connectivity index (χ0) is 18.8. The summed E-state index contributed by atoms with van der Waals surface area (Å²) in [5.74, 6) is -1.04. The third-order valence-electron chi connectivity index (χ3n) is 3.08. The van der Waals surface area contributed by atoms with Gasteiger partial charge in [0.1, 0.15) is 0 Å². The summed E-state index contributed by atoms with van der Waals surface area (Å²) in [5, 5.41) is 6.69. The van der Waals surface area contributed by atoms with Crippen molar-refractivity contribution in [3.8, 4) is 0 Å². The normalized spacial score (nSPS) is 20.0. The molecule has 1 rings (SSSR count). The number of imide groups is 1. The third-order valence-corrected chi connectivity index (χ3v) is 6.04. The predicted molar refractivity (Wildman–Crippen MR) is 90.0 cm³/mol. The maximum absolute atomic E-state index is 11.8. The van der Waals surface area contributed by atoms with Crippen molar-refractivity contribution in [1.82, 2.24) is 10.2 Å². The zero-order valence-electron chi connectivity index (χ0n) is 14.9. The number of rotatable bonds is 11. The second kappa shape index (κ2) is 10.5. The number of carboxylic acids is 1. The van der Waals surface area contributed by atoms with E-state index in [1.165, 1.54) is 10.8 Å². The molecule has 0 radical (unpaired) electrons. The highest BCUT2D eigenvalue weighted by molar-refractivity contribution is 8.76. The van der Waals surface area contributed by atoms with Crippen molar-refractivity contribution in [3.05, 3.63) is 0 Å². The minimum Gasteiger partial charge on any atom is -0.481 e. The van der Waals surface area contributed by atoms with E-state index in [1.54, 1.807) is 10.8 Å². The van der Waals surface area contributed by atoms with Crippen LogP contribution in [0.25, 0.3) is 1.43 Å². The SMILES string of the molecule is [2H]OC(=O)CCSSC(C)CCC(=O)NCCN1C(=O)CC([3H])C1=O. The molecule has 9 heteroatoms. The van der Waals surface area contributed by atoms with Gasteiger partial charge in [0.15, 0.2) is 0 Å². The molecular formula is C14H22N2O5S2. The van der Waals surface area contributed by atoms with Crippen LogP contribution in [0.3, 0.4) is 0 Å². The summed E-state index contributed by atoms with van der Waals surface area (Å²) in [4.78, 5) is 46.6. The Balaban J connectivity index is 2.09. The number of nitrogens with one attached hydrogen (secondary N) is 1. The van der Waals surface area contributed by atoms with Gasteiger partial charge in [-0.05, 0) is 6.42 Å². The molecule has 1 fully saturated rings. The van der Waals surface area contributed by atoms with E-state index in [2.05, 4.69) is 10.4 Å². The fourth-order valence-electron chi connectivity index (χ4n) is 1.82. The number of aliphatic carboxylic acids is 1. The average molecular weight is 365 g/mol. The largest absolute Gasteiger partial charge is 0.481 e. The average Bonchev–Trinajstić information content (AvgIpc) is 2.82. The van der Waals surface area contributed by atoms with E-state index in [4.69, 9.17) is 2.80 Å². The van der Waals surface area contributed by atoms with E-state index in [1.807, 2.05) is 6.92 Å². The Morgan fingerprint density at radius 3 is 2.91 bits per heavy atom. The first-order chi connectivity index (χ1) is 11.8. The van der Waals surface area contributed by atoms with Crippen LogP contribution >= 0.6 is 21.6 Å². The number of hydrogen-bond acceptors (Lipinski definition) is 7. The molecule has 1 saturated heterocycles. The smallest absolute Gasteiger partial charge is 0.304 e. The molecule has 0 bridgehead atoms. The van der Waals surface area contributed by atoms with E-state index < -0.39 is 18.3 Å². The molecule has 0 aromatic heterocycles. The van der Waals surface area contributed by atoms with Gasteiger partial charge in [-0.3, -0.25) is 24.1 Å². The molecule has 1 aliphatic rings. The number of carbonyl (C=O) groups is 4. The molecule has 2 atom stereocenters. The lowest BCUT2D eigenvalue weighted by Crippen LogP contribution is -2.37. The summed E-state index contributed by atoms with van der Waals surface area (Å²) in [6.45, 7) is 2.27. The number of hydrogen-bond donors (Lipinski definition) is 2. The lowest BCUT2D eigenvalue weighted by molar-refractivity contribution is -0.139. The molecular weight excluding hydrogens is 340 g/mol. The quantitative estimate of drug-likeness (QED) is 0.323. The number of nitrogens with zero attached hydrogens (tertiary/aromatic N) is 1. The Kier molecular flexibility index (Phi) is 7.62. The molecule has 0 aromatic rings. The molecule has 2 unspecified atom stereocenters. The third kappa shape index (κ3) is 8.26. The molecule has 0 aliphatic carbocycles. The topological polar surface area (TPSA) is 104 Å². The maximum atomic E-state index is 11.8. The van der Waals surface area contributed by atoms with Crippen molar-refractivity contribution in [2.24, 2.45) is 0 Å². The molecule has 0 aromatic carbocycles. The second-order valence-corrected chi connectivity index (χ2v) is 7.96. The number of likely N-dealkylation sites (tertiary alicyclic amines) is 1. The van der Waals surface area contributed by atoms with Gasteiger partial charge in [-0.25, -0.2) is 0 Å². The van der Waals surface area contributed by atoms with Crippen molar-refractivity contribution >= 4 is 45.3 Å². The summed E-state index contributed by atoms with van der Waals surface area (Å²) < 4.78 is 13.8. The van der Waals surface area contributed by atoms with Crippen LogP contribution in [0.5, 0.6) is 0 Å².